The summed E-state index contributed by atoms with van der Waals surface area (Å²) in [6.07, 6.45) is 0. The molecule has 0 saturated heterocycles. The number of benzene rings is 8. The van der Waals surface area contributed by atoms with Crippen LogP contribution in [-0.2, 0) is 0 Å². The van der Waals surface area contributed by atoms with E-state index in [4.69, 9.17) is 0 Å². The molecule has 0 aliphatic carbocycles. The molecule has 2 amide bonds. The third kappa shape index (κ3) is 5.30. The molecule has 9 aromatic rings. The molecule has 0 fully saturated rings. The van der Waals surface area contributed by atoms with Gasteiger partial charge in [-0.2, -0.15) is 0 Å². The number of hydrogen-bond acceptors (Lipinski definition) is 2. The molecule has 0 unspecified atom stereocenters. The van der Waals surface area contributed by atoms with Crippen LogP contribution < -0.4 is 4.90 Å². The van der Waals surface area contributed by atoms with Gasteiger partial charge in [0.05, 0.1) is 33.5 Å². The minimum absolute atomic E-state index is 0.343. The van der Waals surface area contributed by atoms with E-state index < -0.39 is 0 Å². The summed E-state index contributed by atoms with van der Waals surface area (Å²) in [7, 11) is 0. The van der Waals surface area contributed by atoms with Gasteiger partial charge in [-0.05, 0) is 76.7 Å². The van der Waals surface area contributed by atoms with Gasteiger partial charge in [0.15, 0.2) is 0 Å². The topological polar surface area (TPSA) is 42.3 Å². The predicted molar refractivity (Wildman–Crippen MR) is 225 cm³/mol. The molecule has 1 aromatic heterocycles. The fourth-order valence-electron chi connectivity index (χ4n) is 8.24. The van der Waals surface area contributed by atoms with Crippen molar-refractivity contribution in [3.63, 3.8) is 0 Å². The second-order valence-electron chi connectivity index (χ2n) is 14.1. The molecule has 10 rings (SSSR count). The molecule has 0 N–H and O–H groups in total. The maximum Gasteiger partial charge on any atom is 0.268 e. The molecule has 0 saturated carbocycles. The Balaban J connectivity index is 1.22. The van der Waals surface area contributed by atoms with E-state index in [9.17, 15) is 4.79 Å². The number of anilines is 1. The van der Waals surface area contributed by atoms with Crippen LogP contribution in [0.1, 0.15) is 26.3 Å². The lowest BCUT2D eigenvalue weighted by atomic mass is 9.90. The lowest BCUT2D eigenvalue weighted by Crippen LogP contribution is -2.30. The minimum atomic E-state index is -0.349. The number of para-hydroxylation sites is 1. The highest BCUT2D eigenvalue weighted by atomic mass is 16.2. The maximum atomic E-state index is 15.3. The number of carbonyl (C=O) groups excluding carboxylic acids is 2. The van der Waals surface area contributed by atoms with Gasteiger partial charge < -0.3 is 4.57 Å². The van der Waals surface area contributed by atoms with Crippen molar-refractivity contribution in [3.05, 3.63) is 205 Å². The van der Waals surface area contributed by atoms with E-state index >= 15 is 4.79 Å². The average molecular weight is 707 g/mol. The van der Waals surface area contributed by atoms with Gasteiger partial charge in [0.1, 0.15) is 0 Å². The lowest BCUT2D eigenvalue weighted by Gasteiger charge is -2.24. The normalized spacial score (nSPS) is 12.5. The fraction of sp³-hybridized carbons (Fsp3) is 0.0196. The highest BCUT2D eigenvalue weighted by Crippen LogP contribution is 2.47. The molecule has 0 radical (unpaired) electrons. The van der Waals surface area contributed by atoms with Crippen LogP contribution in [0, 0.1) is 6.92 Å². The maximum absolute atomic E-state index is 15.3. The van der Waals surface area contributed by atoms with Crippen molar-refractivity contribution in [2.75, 3.05) is 4.90 Å². The first-order valence-electron chi connectivity index (χ1n) is 18.5. The summed E-state index contributed by atoms with van der Waals surface area (Å²) in [4.78, 5) is 31.7. The summed E-state index contributed by atoms with van der Waals surface area (Å²) in [5.41, 5.74) is 12.8. The number of aryl methyl sites for hydroxylation is 1. The van der Waals surface area contributed by atoms with Crippen LogP contribution in [0.5, 0.6) is 0 Å². The Bertz CT molecular complexity index is 2900. The van der Waals surface area contributed by atoms with E-state index in [1.165, 1.54) is 10.5 Å². The molecule has 4 nitrogen and oxygen atoms in total. The molecule has 0 bridgehead atoms. The summed E-state index contributed by atoms with van der Waals surface area (Å²) in [5.74, 6) is -0.692. The third-order valence-electron chi connectivity index (χ3n) is 10.8. The van der Waals surface area contributed by atoms with E-state index in [0.29, 0.717) is 22.5 Å². The van der Waals surface area contributed by atoms with Crippen LogP contribution in [0.15, 0.2) is 188 Å². The molecule has 4 heteroatoms. The van der Waals surface area contributed by atoms with Gasteiger partial charge in [-0.15, -0.1) is 0 Å². The number of nitrogens with zero attached hydrogens (tertiary/aromatic N) is 2. The summed E-state index contributed by atoms with van der Waals surface area (Å²) in [6, 6.07) is 63.4. The Labute approximate surface area is 319 Å². The van der Waals surface area contributed by atoms with Crippen LogP contribution in [0.2, 0.25) is 0 Å². The van der Waals surface area contributed by atoms with E-state index in [1.807, 2.05) is 103 Å². The minimum Gasteiger partial charge on any atom is -0.308 e. The summed E-state index contributed by atoms with van der Waals surface area (Å²) < 4.78 is 2.16. The van der Waals surface area contributed by atoms with Crippen LogP contribution >= 0.6 is 0 Å². The summed E-state index contributed by atoms with van der Waals surface area (Å²) in [6.45, 7) is 2.10. The Hall–Kier alpha value is -7.30. The van der Waals surface area contributed by atoms with Crippen LogP contribution in [0.25, 0.3) is 72.0 Å². The molecule has 1 aliphatic heterocycles. The number of rotatable bonds is 6. The van der Waals surface area contributed by atoms with E-state index in [0.717, 1.165) is 66.3 Å². The van der Waals surface area contributed by atoms with Crippen LogP contribution in [0.4, 0.5) is 5.69 Å². The van der Waals surface area contributed by atoms with Crippen molar-refractivity contribution in [3.8, 4) is 50.2 Å². The highest BCUT2D eigenvalue weighted by molar-refractivity contribution is 6.37. The predicted octanol–water partition coefficient (Wildman–Crippen LogP) is 12.6. The van der Waals surface area contributed by atoms with Gasteiger partial charge in [0.25, 0.3) is 11.8 Å². The van der Waals surface area contributed by atoms with E-state index in [2.05, 4.69) is 90.4 Å². The van der Waals surface area contributed by atoms with Crippen molar-refractivity contribution >= 4 is 39.3 Å². The molecule has 8 aromatic carbocycles. The standard InChI is InChI=1S/C51H34N2O2/c1-33-15-13-22-37(29-33)38-27-28-41-40-23-11-12-25-45(40)52(47(41)32-38)46-26-14-24-42-48(46)51(55)53(50(42)54)49-43(35-18-7-3-8-19-35)30-39(34-16-5-2-6-17-34)31-44(49)36-20-9-4-10-21-36/h2-32H,1H3. The summed E-state index contributed by atoms with van der Waals surface area (Å²) >= 11 is 0. The quantitative estimate of drug-likeness (QED) is 0.162. The number of hydrogen-bond donors (Lipinski definition) is 0. The highest BCUT2D eigenvalue weighted by Gasteiger charge is 2.41. The zero-order chi connectivity index (χ0) is 37.0. The molecular weight excluding hydrogens is 673 g/mol. The molecule has 1 aliphatic rings. The van der Waals surface area contributed by atoms with Gasteiger partial charge in [-0.1, -0.05) is 157 Å². The molecular formula is C51H34N2O2. The Morgan fingerprint density at radius 1 is 0.382 bits per heavy atom. The van der Waals surface area contributed by atoms with Gasteiger partial charge >= 0.3 is 0 Å². The van der Waals surface area contributed by atoms with Gasteiger partial charge in [0.2, 0.25) is 0 Å². The molecule has 260 valence electrons. The lowest BCUT2D eigenvalue weighted by molar-refractivity contribution is 0.0926. The monoisotopic (exact) mass is 706 g/mol. The number of fused-ring (bicyclic) bond motifs is 4. The number of carbonyl (C=O) groups is 2. The van der Waals surface area contributed by atoms with E-state index in [1.54, 1.807) is 6.07 Å². The first-order chi connectivity index (χ1) is 27.0. The molecule has 0 atom stereocenters. The van der Waals surface area contributed by atoms with Crippen molar-refractivity contribution in [1.29, 1.82) is 0 Å². The van der Waals surface area contributed by atoms with Gasteiger partial charge in [-0.3, -0.25) is 9.59 Å². The van der Waals surface area contributed by atoms with Crippen molar-refractivity contribution < 1.29 is 9.59 Å². The zero-order valence-electron chi connectivity index (χ0n) is 30.1. The first-order valence-corrected chi connectivity index (χ1v) is 18.5. The van der Waals surface area contributed by atoms with Gasteiger partial charge in [-0.25, -0.2) is 4.90 Å². The Morgan fingerprint density at radius 2 is 0.945 bits per heavy atom. The van der Waals surface area contributed by atoms with Crippen LogP contribution in [-0.4, -0.2) is 16.4 Å². The first kappa shape index (κ1) is 32.4. The zero-order valence-corrected chi connectivity index (χ0v) is 30.1. The second-order valence-corrected chi connectivity index (χ2v) is 14.1. The molecule has 55 heavy (non-hydrogen) atoms. The number of amides is 2. The number of imide groups is 1. The van der Waals surface area contributed by atoms with Crippen molar-refractivity contribution in [1.82, 2.24) is 4.57 Å². The van der Waals surface area contributed by atoms with Crippen LogP contribution in [0.3, 0.4) is 0 Å². The Kier molecular flexibility index (Phi) is 7.63. The third-order valence-corrected chi connectivity index (χ3v) is 10.8. The smallest absolute Gasteiger partial charge is 0.268 e. The fourth-order valence-corrected chi connectivity index (χ4v) is 8.24. The second kappa shape index (κ2) is 13.0. The summed E-state index contributed by atoms with van der Waals surface area (Å²) in [5, 5.41) is 2.15. The van der Waals surface area contributed by atoms with E-state index in [-0.39, 0.29) is 11.8 Å². The van der Waals surface area contributed by atoms with Gasteiger partial charge in [0, 0.05) is 21.9 Å². The Morgan fingerprint density at radius 3 is 1.62 bits per heavy atom. The molecule has 2 heterocycles. The van der Waals surface area contributed by atoms with Crippen molar-refractivity contribution in [2.45, 2.75) is 6.92 Å². The number of aromatic nitrogens is 1. The molecule has 0 spiro atoms. The SMILES string of the molecule is Cc1cccc(-c2ccc3c4ccccc4n(-c4cccc5c4C(=O)N(c4c(-c6ccccc6)cc(-c6ccccc6)cc4-c4ccccc4)C5=O)c3c2)c1. The largest absolute Gasteiger partial charge is 0.308 e. The average Bonchev–Trinajstić information content (AvgIpc) is 3.71. The van der Waals surface area contributed by atoms with Crippen molar-refractivity contribution in [2.24, 2.45) is 0 Å².